The molecule has 1 aliphatic rings. The Balaban J connectivity index is 0.000000693. The summed E-state index contributed by atoms with van der Waals surface area (Å²) >= 11 is 0. The minimum Gasteiger partial charge on any atom is -0.456 e. The van der Waals surface area contributed by atoms with Crippen LogP contribution in [0.3, 0.4) is 0 Å². The van der Waals surface area contributed by atoms with E-state index in [9.17, 15) is 0 Å². The normalized spacial score (nSPS) is 15.8. The number of para-hydroxylation sites is 1. The van der Waals surface area contributed by atoms with Crippen LogP contribution in [-0.4, -0.2) is 0 Å². The lowest BCUT2D eigenvalue weighted by molar-refractivity contribution is 0.603. The first kappa shape index (κ1) is 14.4. The van der Waals surface area contributed by atoms with E-state index in [2.05, 4.69) is 60.7 Å². The summed E-state index contributed by atoms with van der Waals surface area (Å²) in [6.45, 7) is 4.00. The number of furan rings is 1. The SMILES string of the molecule is C1=CC(c2ccccc2)C=Cc2c1oc1ccccc21.CC. The molecule has 0 spiro atoms. The van der Waals surface area contributed by atoms with E-state index < -0.39 is 0 Å². The average molecular weight is 288 g/mol. The van der Waals surface area contributed by atoms with Crippen LogP contribution in [-0.2, 0) is 0 Å². The molecule has 0 amide bonds. The molecule has 1 aromatic heterocycles. The first-order valence-electron chi connectivity index (χ1n) is 7.85. The molecule has 1 nitrogen and oxygen atoms in total. The van der Waals surface area contributed by atoms with Gasteiger partial charge in [-0.1, -0.05) is 80.6 Å². The minimum atomic E-state index is 0.303. The minimum absolute atomic E-state index is 0.303. The Morgan fingerprint density at radius 1 is 0.773 bits per heavy atom. The van der Waals surface area contributed by atoms with E-state index in [-0.39, 0.29) is 0 Å². The van der Waals surface area contributed by atoms with E-state index in [0.717, 1.165) is 11.3 Å². The first-order chi connectivity index (χ1) is 10.9. The molecule has 4 rings (SSSR count). The fourth-order valence-corrected chi connectivity index (χ4v) is 2.73. The van der Waals surface area contributed by atoms with Crippen molar-refractivity contribution in [1.29, 1.82) is 0 Å². The van der Waals surface area contributed by atoms with Gasteiger partial charge in [0.25, 0.3) is 0 Å². The Morgan fingerprint density at radius 3 is 2.27 bits per heavy atom. The summed E-state index contributed by atoms with van der Waals surface area (Å²) in [4.78, 5) is 0. The first-order valence-corrected chi connectivity index (χ1v) is 7.85. The van der Waals surface area contributed by atoms with Crippen molar-refractivity contribution in [3.05, 3.63) is 83.6 Å². The second kappa shape index (κ2) is 6.48. The van der Waals surface area contributed by atoms with Crippen molar-refractivity contribution >= 4 is 23.1 Å². The third-order valence-electron chi connectivity index (χ3n) is 3.77. The van der Waals surface area contributed by atoms with Crippen LogP contribution in [0.1, 0.15) is 36.7 Å². The highest BCUT2D eigenvalue weighted by atomic mass is 16.3. The van der Waals surface area contributed by atoms with E-state index in [0.29, 0.717) is 5.92 Å². The van der Waals surface area contributed by atoms with Crippen molar-refractivity contribution in [1.82, 2.24) is 0 Å². The van der Waals surface area contributed by atoms with Gasteiger partial charge in [0.1, 0.15) is 11.3 Å². The smallest absolute Gasteiger partial charge is 0.135 e. The molecule has 0 bridgehead atoms. The Kier molecular flexibility index (Phi) is 4.24. The van der Waals surface area contributed by atoms with Crippen molar-refractivity contribution in [3.63, 3.8) is 0 Å². The molecule has 3 aromatic rings. The Morgan fingerprint density at radius 2 is 1.45 bits per heavy atom. The van der Waals surface area contributed by atoms with Crippen LogP contribution in [0.2, 0.25) is 0 Å². The topological polar surface area (TPSA) is 13.1 Å². The van der Waals surface area contributed by atoms with Gasteiger partial charge in [0, 0.05) is 16.9 Å². The van der Waals surface area contributed by atoms with Crippen LogP contribution in [0.5, 0.6) is 0 Å². The quantitative estimate of drug-likeness (QED) is 0.513. The second-order valence-electron chi connectivity index (χ2n) is 5.03. The molecule has 0 radical (unpaired) electrons. The number of allylic oxidation sites excluding steroid dienone is 2. The maximum absolute atomic E-state index is 5.92. The molecule has 2 aromatic carbocycles. The molecule has 1 atom stereocenters. The van der Waals surface area contributed by atoms with Crippen molar-refractivity contribution in [2.24, 2.45) is 0 Å². The molecule has 0 N–H and O–H groups in total. The van der Waals surface area contributed by atoms with Gasteiger partial charge in [-0.25, -0.2) is 0 Å². The zero-order chi connectivity index (χ0) is 15.4. The van der Waals surface area contributed by atoms with Gasteiger partial charge in [-0.05, 0) is 17.7 Å². The predicted molar refractivity (Wildman–Crippen MR) is 94.8 cm³/mol. The molecule has 1 heterocycles. The van der Waals surface area contributed by atoms with Gasteiger partial charge in [-0.2, -0.15) is 0 Å². The lowest BCUT2D eigenvalue weighted by Crippen LogP contribution is -1.88. The third kappa shape index (κ3) is 2.62. The van der Waals surface area contributed by atoms with E-state index in [4.69, 9.17) is 4.42 Å². The zero-order valence-corrected chi connectivity index (χ0v) is 13.0. The summed E-state index contributed by atoms with van der Waals surface area (Å²) in [5.74, 6) is 1.25. The molecule has 1 heteroatoms. The molecule has 0 fully saturated rings. The molecule has 0 saturated carbocycles. The highest BCUT2D eigenvalue weighted by Gasteiger charge is 2.13. The van der Waals surface area contributed by atoms with E-state index >= 15 is 0 Å². The lowest BCUT2D eigenvalue weighted by Gasteiger charge is -2.06. The average Bonchev–Trinajstić information content (AvgIpc) is 2.82. The second-order valence-corrected chi connectivity index (χ2v) is 5.03. The summed E-state index contributed by atoms with van der Waals surface area (Å²) in [6, 6.07) is 18.7. The number of hydrogen-bond acceptors (Lipinski definition) is 1. The summed E-state index contributed by atoms with van der Waals surface area (Å²) in [6.07, 6.45) is 8.70. The van der Waals surface area contributed by atoms with E-state index in [1.165, 1.54) is 16.5 Å². The van der Waals surface area contributed by atoms with Crippen molar-refractivity contribution in [2.75, 3.05) is 0 Å². The molecule has 110 valence electrons. The largest absolute Gasteiger partial charge is 0.456 e. The summed E-state index contributed by atoms with van der Waals surface area (Å²) in [7, 11) is 0. The number of fused-ring (bicyclic) bond motifs is 3. The van der Waals surface area contributed by atoms with Crippen LogP contribution in [0.25, 0.3) is 23.1 Å². The van der Waals surface area contributed by atoms with Crippen molar-refractivity contribution in [2.45, 2.75) is 19.8 Å². The summed E-state index contributed by atoms with van der Waals surface area (Å²) in [5, 5.41) is 1.18. The lowest BCUT2D eigenvalue weighted by atomic mass is 9.98. The Hall–Kier alpha value is -2.54. The zero-order valence-electron chi connectivity index (χ0n) is 13.0. The van der Waals surface area contributed by atoms with Gasteiger partial charge < -0.3 is 4.42 Å². The highest BCUT2D eigenvalue weighted by molar-refractivity contribution is 5.91. The maximum atomic E-state index is 5.92. The van der Waals surface area contributed by atoms with Gasteiger partial charge in [-0.3, -0.25) is 0 Å². The fourth-order valence-electron chi connectivity index (χ4n) is 2.73. The van der Waals surface area contributed by atoms with E-state index in [1.807, 2.05) is 32.0 Å². The number of benzene rings is 2. The number of rotatable bonds is 1. The van der Waals surface area contributed by atoms with Crippen molar-refractivity contribution < 1.29 is 4.42 Å². The summed E-state index contributed by atoms with van der Waals surface area (Å²) < 4.78 is 5.92. The fraction of sp³-hybridized carbons (Fsp3) is 0.143. The van der Waals surface area contributed by atoms with Crippen LogP contribution in [0.15, 0.2) is 71.2 Å². The predicted octanol–water partition coefficient (Wildman–Crippen LogP) is 6.28. The monoisotopic (exact) mass is 288 g/mol. The molecule has 1 aliphatic carbocycles. The maximum Gasteiger partial charge on any atom is 0.135 e. The summed E-state index contributed by atoms with van der Waals surface area (Å²) in [5.41, 5.74) is 3.43. The van der Waals surface area contributed by atoms with Crippen LogP contribution < -0.4 is 0 Å². The third-order valence-corrected chi connectivity index (χ3v) is 3.77. The molecule has 0 saturated heterocycles. The molecule has 1 unspecified atom stereocenters. The van der Waals surface area contributed by atoms with E-state index in [1.54, 1.807) is 0 Å². The molecule has 22 heavy (non-hydrogen) atoms. The Labute approximate surface area is 131 Å². The van der Waals surface area contributed by atoms with Crippen molar-refractivity contribution in [3.8, 4) is 0 Å². The van der Waals surface area contributed by atoms with Gasteiger partial charge in [0.05, 0.1) is 0 Å². The van der Waals surface area contributed by atoms with Crippen LogP contribution in [0, 0.1) is 0 Å². The van der Waals surface area contributed by atoms with Crippen LogP contribution in [0.4, 0.5) is 0 Å². The van der Waals surface area contributed by atoms with Gasteiger partial charge >= 0.3 is 0 Å². The molecule has 0 aliphatic heterocycles. The van der Waals surface area contributed by atoms with Gasteiger partial charge in [0.2, 0.25) is 0 Å². The van der Waals surface area contributed by atoms with Gasteiger partial charge in [-0.15, -0.1) is 0 Å². The Bertz CT molecular complexity index is 806. The number of hydrogen-bond donors (Lipinski definition) is 0. The van der Waals surface area contributed by atoms with Crippen LogP contribution >= 0.6 is 0 Å². The molecular weight excluding hydrogens is 268 g/mol. The van der Waals surface area contributed by atoms with Gasteiger partial charge in [0.15, 0.2) is 0 Å². The standard InChI is InChI=1S/C19H14O.C2H6/c1-2-6-14(7-3-1)15-10-12-17-16-8-4-5-9-18(16)20-19(17)13-11-15;1-2/h1-13,15H;1-2H3. The molecular formula is C21H20O. The highest BCUT2D eigenvalue weighted by Crippen LogP contribution is 2.32.